The molecule has 1 unspecified atom stereocenters. The molecule has 2 aromatic rings. The number of aromatic nitrogens is 2. The van der Waals surface area contributed by atoms with Gasteiger partial charge in [-0.05, 0) is 31.9 Å². The first-order valence-electron chi connectivity index (χ1n) is 7.97. The van der Waals surface area contributed by atoms with Crippen LogP contribution >= 0.6 is 0 Å². The molecule has 1 aromatic carbocycles. The fourth-order valence-electron chi connectivity index (χ4n) is 3.29. The second-order valence-corrected chi connectivity index (χ2v) is 5.91. The van der Waals surface area contributed by atoms with Gasteiger partial charge in [0.25, 0.3) is 0 Å². The van der Waals surface area contributed by atoms with Crippen molar-refractivity contribution in [1.82, 2.24) is 14.9 Å². The lowest BCUT2D eigenvalue weighted by Gasteiger charge is -2.20. The zero-order chi connectivity index (χ0) is 14.8. The van der Waals surface area contributed by atoms with E-state index in [4.69, 9.17) is 0 Å². The molecule has 0 saturated heterocycles. The van der Waals surface area contributed by atoms with Gasteiger partial charge in [0.15, 0.2) is 0 Å². The Morgan fingerprint density at radius 2 is 2.10 bits per heavy atom. The Morgan fingerprint density at radius 3 is 2.81 bits per heavy atom. The Hall–Kier alpha value is -1.84. The van der Waals surface area contributed by atoms with Gasteiger partial charge in [-0.2, -0.15) is 0 Å². The highest BCUT2D eigenvalue weighted by atomic mass is 16.2. The van der Waals surface area contributed by atoms with Crippen LogP contribution in [0.1, 0.15) is 51.4 Å². The minimum absolute atomic E-state index is 0.111. The molecule has 1 atom stereocenters. The second-order valence-electron chi connectivity index (χ2n) is 5.91. The lowest BCUT2D eigenvalue weighted by molar-refractivity contribution is -0.124. The molecule has 0 aliphatic heterocycles. The minimum atomic E-state index is -0.215. The van der Waals surface area contributed by atoms with Gasteiger partial charge >= 0.3 is 0 Å². The summed E-state index contributed by atoms with van der Waals surface area (Å²) in [4.78, 5) is 17.2. The third kappa shape index (κ3) is 2.67. The van der Waals surface area contributed by atoms with Gasteiger partial charge < -0.3 is 9.88 Å². The van der Waals surface area contributed by atoms with Crippen molar-refractivity contribution in [2.45, 2.75) is 58.0 Å². The van der Waals surface area contributed by atoms with Crippen molar-refractivity contribution in [3.63, 3.8) is 0 Å². The van der Waals surface area contributed by atoms with Crippen molar-refractivity contribution >= 4 is 16.9 Å². The summed E-state index contributed by atoms with van der Waals surface area (Å²) in [6.07, 6.45) is 5.52. The lowest BCUT2D eigenvalue weighted by Crippen LogP contribution is -2.37. The van der Waals surface area contributed by atoms with E-state index in [1.165, 1.54) is 12.8 Å². The minimum Gasteiger partial charge on any atom is -0.352 e. The van der Waals surface area contributed by atoms with Gasteiger partial charge in [0.05, 0.1) is 11.0 Å². The molecule has 1 fully saturated rings. The number of fused-ring (bicyclic) bond motifs is 1. The molecule has 1 aromatic heterocycles. The Morgan fingerprint density at radius 1 is 1.38 bits per heavy atom. The molecule has 1 N–H and O–H groups in total. The SMILES string of the molecule is CCc1nc2ccccc2n1C(C)C(=O)NC1CCCC1. The number of benzene rings is 1. The van der Waals surface area contributed by atoms with Crippen LogP contribution in [0.25, 0.3) is 11.0 Å². The average molecular weight is 285 g/mol. The van der Waals surface area contributed by atoms with E-state index in [2.05, 4.69) is 21.8 Å². The predicted molar refractivity (Wildman–Crippen MR) is 84.2 cm³/mol. The summed E-state index contributed by atoms with van der Waals surface area (Å²) < 4.78 is 2.08. The number of amides is 1. The van der Waals surface area contributed by atoms with Gasteiger partial charge in [-0.15, -0.1) is 0 Å². The van der Waals surface area contributed by atoms with E-state index in [9.17, 15) is 4.79 Å². The van der Waals surface area contributed by atoms with Gasteiger partial charge in [0, 0.05) is 12.5 Å². The molecule has 0 radical (unpaired) electrons. The Labute approximate surface area is 125 Å². The van der Waals surface area contributed by atoms with Crippen molar-refractivity contribution in [2.75, 3.05) is 0 Å². The fraction of sp³-hybridized carbons (Fsp3) is 0.529. The first-order chi connectivity index (χ1) is 10.2. The average Bonchev–Trinajstić information content (AvgIpc) is 3.12. The summed E-state index contributed by atoms with van der Waals surface area (Å²) in [6, 6.07) is 8.19. The number of carbonyl (C=O) groups is 1. The number of hydrogen-bond donors (Lipinski definition) is 1. The first kappa shape index (κ1) is 14.1. The van der Waals surface area contributed by atoms with Crippen LogP contribution in [0.2, 0.25) is 0 Å². The van der Waals surface area contributed by atoms with Crippen LogP contribution in [0.5, 0.6) is 0 Å². The Balaban J connectivity index is 1.89. The molecule has 0 spiro atoms. The van der Waals surface area contributed by atoms with Crippen LogP contribution in [0, 0.1) is 0 Å². The number of hydrogen-bond acceptors (Lipinski definition) is 2. The number of nitrogens with one attached hydrogen (secondary N) is 1. The van der Waals surface area contributed by atoms with Crippen LogP contribution in [0.15, 0.2) is 24.3 Å². The summed E-state index contributed by atoms with van der Waals surface area (Å²) in [6.45, 7) is 4.05. The summed E-state index contributed by atoms with van der Waals surface area (Å²) in [7, 11) is 0. The van der Waals surface area contributed by atoms with Gasteiger partial charge in [-0.3, -0.25) is 4.79 Å². The third-order valence-corrected chi connectivity index (χ3v) is 4.45. The normalized spacial score (nSPS) is 17.2. The highest BCUT2D eigenvalue weighted by molar-refractivity contribution is 5.84. The van der Waals surface area contributed by atoms with Crippen LogP contribution in [-0.4, -0.2) is 21.5 Å². The number of aryl methyl sites for hydroxylation is 1. The van der Waals surface area contributed by atoms with Crippen molar-refractivity contribution in [3.05, 3.63) is 30.1 Å². The molecule has 1 aliphatic rings. The van der Waals surface area contributed by atoms with E-state index in [1.54, 1.807) is 0 Å². The molecule has 1 saturated carbocycles. The number of imidazole rings is 1. The topological polar surface area (TPSA) is 46.9 Å². The van der Waals surface area contributed by atoms with Gasteiger partial charge in [-0.1, -0.05) is 31.9 Å². The van der Waals surface area contributed by atoms with Crippen molar-refractivity contribution in [3.8, 4) is 0 Å². The van der Waals surface area contributed by atoms with E-state index in [1.807, 2.05) is 31.2 Å². The lowest BCUT2D eigenvalue weighted by atomic mass is 10.2. The zero-order valence-electron chi connectivity index (χ0n) is 12.8. The van der Waals surface area contributed by atoms with Gasteiger partial charge in [-0.25, -0.2) is 4.98 Å². The number of nitrogens with zero attached hydrogens (tertiary/aromatic N) is 2. The van der Waals surface area contributed by atoms with Crippen LogP contribution in [0.4, 0.5) is 0 Å². The van der Waals surface area contributed by atoms with E-state index in [0.717, 1.165) is 36.1 Å². The molecular weight excluding hydrogens is 262 g/mol. The zero-order valence-corrected chi connectivity index (χ0v) is 12.8. The van der Waals surface area contributed by atoms with E-state index >= 15 is 0 Å². The fourth-order valence-corrected chi connectivity index (χ4v) is 3.29. The number of rotatable bonds is 4. The molecule has 112 valence electrons. The maximum absolute atomic E-state index is 12.5. The predicted octanol–water partition coefficient (Wildman–Crippen LogP) is 3.22. The summed E-state index contributed by atoms with van der Waals surface area (Å²) in [5.74, 6) is 1.09. The molecule has 1 heterocycles. The molecule has 1 amide bonds. The first-order valence-corrected chi connectivity index (χ1v) is 7.97. The van der Waals surface area contributed by atoms with Crippen LogP contribution in [-0.2, 0) is 11.2 Å². The highest BCUT2D eigenvalue weighted by Gasteiger charge is 2.24. The smallest absolute Gasteiger partial charge is 0.243 e. The molecule has 4 nitrogen and oxygen atoms in total. The maximum atomic E-state index is 12.5. The highest BCUT2D eigenvalue weighted by Crippen LogP contribution is 2.23. The van der Waals surface area contributed by atoms with E-state index < -0.39 is 0 Å². The monoisotopic (exact) mass is 285 g/mol. The molecule has 3 rings (SSSR count). The van der Waals surface area contributed by atoms with Crippen LogP contribution in [0.3, 0.4) is 0 Å². The summed E-state index contributed by atoms with van der Waals surface area (Å²) in [5, 5.41) is 3.20. The molecule has 0 bridgehead atoms. The molecule has 4 heteroatoms. The third-order valence-electron chi connectivity index (χ3n) is 4.45. The van der Waals surface area contributed by atoms with Gasteiger partial charge in [0.1, 0.15) is 11.9 Å². The van der Waals surface area contributed by atoms with E-state index in [-0.39, 0.29) is 11.9 Å². The molecular formula is C17H23N3O. The number of carbonyl (C=O) groups excluding carboxylic acids is 1. The Bertz CT molecular complexity index is 641. The van der Waals surface area contributed by atoms with Gasteiger partial charge in [0.2, 0.25) is 5.91 Å². The molecule has 1 aliphatic carbocycles. The maximum Gasteiger partial charge on any atom is 0.243 e. The summed E-state index contributed by atoms with van der Waals surface area (Å²) >= 11 is 0. The van der Waals surface area contributed by atoms with Crippen molar-refractivity contribution in [2.24, 2.45) is 0 Å². The van der Waals surface area contributed by atoms with E-state index in [0.29, 0.717) is 6.04 Å². The summed E-state index contributed by atoms with van der Waals surface area (Å²) in [5.41, 5.74) is 2.01. The van der Waals surface area contributed by atoms with Crippen molar-refractivity contribution < 1.29 is 4.79 Å². The standard InChI is InChI=1S/C17H23N3O/c1-3-16-19-14-10-6-7-11-15(14)20(16)12(2)17(21)18-13-8-4-5-9-13/h6-7,10-13H,3-5,8-9H2,1-2H3,(H,18,21). The Kier molecular flexibility index (Phi) is 3.95. The molecule has 21 heavy (non-hydrogen) atoms. The quantitative estimate of drug-likeness (QED) is 0.937. The largest absolute Gasteiger partial charge is 0.352 e. The van der Waals surface area contributed by atoms with Crippen molar-refractivity contribution in [1.29, 1.82) is 0 Å². The second kappa shape index (κ2) is 5.88. The number of para-hydroxylation sites is 2. The van der Waals surface area contributed by atoms with Crippen LogP contribution < -0.4 is 5.32 Å².